The summed E-state index contributed by atoms with van der Waals surface area (Å²) in [6.45, 7) is 7.31. The summed E-state index contributed by atoms with van der Waals surface area (Å²) < 4.78 is 68.6. The number of ether oxygens (including phenoxy) is 4. The lowest BCUT2D eigenvalue weighted by Gasteiger charge is -2.21. The molecule has 0 saturated carbocycles. The summed E-state index contributed by atoms with van der Waals surface area (Å²) in [7, 11) is -9.91. The largest absolute Gasteiger partial charge is 0.472 e. The Kier molecular flexibility index (Phi) is 69.6. The first-order valence-corrected chi connectivity index (χ1v) is 43.6. The van der Waals surface area contributed by atoms with Crippen LogP contribution >= 0.6 is 15.6 Å². The second-order valence-corrected chi connectivity index (χ2v) is 31.5. The Hall–Kier alpha value is -1.94. The van der Waals surface area contributed by atoms with Gasteiger partial charge in [-0.3, -0.25) is 37.3 Å². The molecule has 5 atom stereocenters. The van der Waals surface area contributed by atoms with E-state index in [4.69, 9.17) is 37.0 Å². The lowest BCUT2D eigenvalue weighted by atomic mass is 10.0. The van der Waals surface area contributed by atoms with Crippen LogP contribution in [0, 0.1) is 5.92 Å². The number of aliphatic hydroxyl groups is 1. The average molecular weight is 1420 g/mol. The van der Waals surface area contributed by atoms with Crippen molar-refractivity contribution in [3.63, 3.8) is 0 Å². The molecule has 0 aliphatic carbocycles. The van der Waals surface area contributed by atoms with E-state index in [9.17, 15) is 43.2 Å². The third kappa shape index (κ3) is 72.2. The first-order chi connectivity index (χ1) is 47.0. The van der Waals surface area contributed by atoms with Gasteiger partial charge in [-0.15, -0.1) is 0 Å². The Bertz CT molecular complexity index is 1860. The zero-order chi connectivity index (χ0) is 71.2. The van der Waals surface area contributed by atoms with Crippen LogP contribution in [0.2, 0.25) is 0 Å². The van der Waals surface area contributed by atoms with Gasteiger partial charge in [-0.1, -0.05) is 362 Å². The summed E-state index contributed by atoms with van der Waals surface area (Å²) in [4.78, 5) is 72.8. The molecule has 17 nitrogen and oxygen atoms in total. The van der Waals surface area contributed by atoms with Gasteiger partial charge in [0.15, 0.2) is 12.2 Å². The van der Waals surface area contributed by atoms with Crippen molar-refractivity contribution < 1.29 is 80.2 Å². The zero-order valence-corrected chi connectivity index (χ0v) is 65.0. The van der Waals surface area contributed by atoms with Gasteiger partial charge in [0.1, 0.15) is 19.3 Å². The molecule has 0 aromatic heterocycles. The van der Waals surface area contributed by atoms with Crippen LogP contribution in [-0.2, 0) is 65.4 Å². The molecule has 0 aromatic rings. The molecule has 0 radical (unpaired) electrons. The molecule has 0 aliphatic rings. The van der Waals surface area contributed by atoms with Crippen LogP contribution in [0.4, 0.5) is 0 Å². The van der Waals surface area contributed by atoms with Crippen LogP contribution in [0.1, 0.15) is 413 Å². The maximum absolute atomic E-state index is 13.1. The number of carbonyl (C=O) groups is 4. The average Bonchev–Trinajstić information content (AvgIpc) is 1.11. The molecule has 2 unspecified atom stereocenters. The van der Waals surface area contributed by atoms with Gasteiger partial charge in [0.05, 0.1) is 26.4 Å². The highest BCUT2D eigenvalue weighted by Crippen LogP contribution is 2.45. The quantitative estimate of drug-likeness (QED) is 0.0222. The maximum Gasteiger partial charge on any atom is 0.472 e. The molecule has 0 aromatic carbocycles. The summed E-state index contributed by atoms with van der Waals surface area (Å²) in [6.07, 6.45) is 61.0. The van der Waals surface area contributed by atoms with E-state index < -0.39 is 97.5 Å². The predicted molar refractivity (Wildman–Crippen MR) is 395 cm³/mol. The fourth-order valence-corrected chi connectivity index (χ4v) is 13.6. The minimum atomic E-state index is -4.96. The molecule has 576 valence electrons. The van der Waals surface area contributed by atoms with Crippen molar-refractivity contribution in [3.8, 4) is 0 Å². The molecule has 19 heteroatoms. The predicted octanol–water partition coefficient (Wildman–Crippen LogP) is 23.3. The molecular formula is C78H152O17P2. The first-order valence-electron chi connectivity index (χ1n) is 40.6. The number of esters is 4. The van der Waals surface area contributed by atoms with E-state index in [1.54, 1.807) is 0 Å². The molecule has 3 N–H and O–H groups in total. The number of phosphoric acid groups is 2. The number of carbonyl (C=O) groups excluding carboxylic acids is 4. The second kappa shape index (κ2) is 71.1. The molecule has 0 rings (SSSR count). The van der Waals surface area contributed by atoms with Crippen LogP contribution in [0.15, 0.2) is 0 Å². The Balaban J connectivity index is 5.21. The van der Waals surface area contributed by atoms with Crippen molar-refractivity contribution in [2.75, 3.05) is 39.6 Å². The fourth-order valence-electron chi connectivity index (χ4n) is 12.1. The molecule has 97 heavy (non-hydrogen) atoms. The van der Waals surface area contributed by atoms with Crippen LogP contribution < -0.4 is 0 Å². The number of aliphatic hydroxyl groups excluding tert-OH is 1. The summed E-state index contributed by atoms with van der Waals surface area (Å²) >= 11 is 0. The van der Waals surface area contributed by atoms with Gasteiger partial charge in [-0.05, 0) is 31.6 Å². The summed E-state index contributed by atoms with van der Waals surface area (Å²) in [6, 6.07) is 0. The number of unbranched alkanes of at least 4 members (excludes halogenated alkanes) is 50. The van der Waals surface area contributed by atoms with Gasteiger partial charge < -0.3 is 33.8 Å². The third-order valence-electron chi connectivity index (χ3n) is 18.3. The molecule has 0 heterocycles. The lowest BCUT2D eigenvalue weighted by Crippen LogP contribution is -2.30. The smallest absolute Gasteiger partial charge is 0.462 e. The van der Waals surface area contributed by atoms with Crippen LogP contribution in [0.25, 0.3) is 0 Å². The van der Waals surface area contributed by atoms with E-state index >= 15 is 0 Å². The highest BCUT2D eigenvalue weighted by Gasteiger charge is 2.30. The van der Waals surface area contributed by atoms with Crippen LogP contribution in [-0.4, -0.2) is 96.7 Å². The molecule has 0 spiro atoms. The normalized spacial score (nSPS) is 13.9. The lowest BCUT2D eigenvalue weighted by molar-refractivity contribution is -0.161. The van der Waals surface area contributed by atoms with Crippen molar-refractivity contribution in [1.82, 2.24) is 0 Å². The molecule has 0 fully saturated rings. The van der Waals surface area contributed by atoms with Gasteiger partial charge in [0.2, 0.25) is 0 Å². The van der Waals surface area contributed by atoms with Crippen molar-refractivity contribution >= 4 is 39.5 Å². The maximum atomic E-state index is 13.1. The van der Waals surface area contributed by atoms with E-state index in [1.807, 2.05) is 0 Å². The van der Waals surface area contributed by atoms with Gasteiger partial charge in [-0.2, -0.15) is 0 Å². The van der Waals surface area contributed by atoms with Gasteiger partial charge in [0, 0.05) is 25.7 Å². The van der Waals surface area contributed by atoms with E-state index in [0.717, 1.165) is 102 Å². The number of rotatable bonds is 78. The monoisotopic (exact) mass is 1420 g/mol. The number of phosphoric ester groups is 2. The van der Waals surface area contributed by atoms with Gasteiger partial charge in [-0.25, -0.2) is 9.13 Å². The Morgan fingerprint density at radius 2 is 0.474 bits per heavy atom. The van der Waals surface area contributed by atoms with E-state index in [2.05, 4.69) is 34.6 Å². The third-order valence-corrected chi connectivity index (χ3v) is 20.2. The van der Waals surface area contributed by atoms with Gasteiger partial charge in [0.25, 0.3) is 0 Å². The van der Waals surface area contributed by atoms with E-state index in [-0.39, 0.29) is 25.7 Å². The number of hydrogen-bond acceptors (Lipinski definition) is 15. The van der Waals surface area contributed by atoms with Crippen molar-refractivity contribution in [1.29, 1.82) is 0 Å². The van der Waals surface area contributed by atoms with Crippen molar-refractivity contribution in [2.24, 2.45) is 5.92 Å². The highest BCUT2D eigenvalue weighted by atomic mass is 31.2. The van der Waals surface area contributed by atoms with E-state index in [1.165, 1.54) is 231 Å². The second-order valence-electron chi connectivity index (χ2n) is 28.6. The van der Waals surface area contributed by atoms with Crippen LogP contribution in [0.3, 0.4) is 0 Å². The van der Waals surface area contributed by atoms with Crippen LogP contribution in [0.5, 0.6) is 0 Å². The topological polar surface area (TPSA) is 237 Å². The SMILES string of the molecule is CCCCCCCCCCCCCCCCCCCC(=O)O[C@H](COC(=O)CCCCCCCCCCCCCCCC(C)C)COP(=O)(O)OC[C@@H](O)COP(=O)(O)OC[C@@H](COC(=O)CCCCCCCCCC)OC(=O)CCCCCCCCCCCCCCCCCC. The Morgan fingerprint density at radius 1 is 0.278 bits per heavy atom. The zero-order valence-electron chi connectivity index (χ0n) is 63.2. The summed E-state index contributed by atoms with van der Waals surface area (Å²) in [5.41, 5.74) is 0. The Morgan fingerprint density at radius 3 is 0.701 bits per heavy atom. The van der Waals surface area contributed by atoms with Gasteiger partial charge >= 0.3 is 39.5 Å². The molecular weight excluding hydrogens is 1270 g/mol. The van der Waals surface area contributed by atoms with Crippen molar-refractivity contribution in [2.45, 2.75) is 432 Å². The Labute approximate surface area is 594 Å². The summed E-state index contributed by atoms with van der Waals surface area (Å²) in [5, 5.41) is 10.6. The standard InChI is InChI=1S/C78H152O17P2/c1-6-9-12-15-18-21-23-25-27-29-31-35-40-44-49-54-59-64-78(83)95-74(68-89-76(81)62-57-52-47-42-38-36-32-33-37-41-45-50-55-60-71(4)5)70-93-97(86,87)91-66-72(79)65-90-96(84,85)92-69-73(67-88-75(80)61-56-51-46-20-17-14-11-8-3)94-77(82)63-58-53-48-43-39-34-30-28-26-24-22-19-16-13-10-7-2/h71-74,79H,6-70H2,1-5H3,(H,84,85)(H,86,87)/t72-,73+,74+/m0/s1. The number of hydrogen-bond donors (Lipinski definition) is 3. The minimum absolute atomic E-state index is 0.108. The highest BCUT2D eigenvalue weighted by molar-refractivity contribution is 7.47. The molecule has 0 aliphatic heterocycles. The minimum Gasteiger partial charge on any atom is -0.462 e. The molecule has 0 saturated heterocycles. The van der Waals surface area contributed by atoms with E-state index in [0.29, 0.717) is 25.7 Å². The van der Waals surface area contributed by atoms with Crippen molar-refractivity contribution in [3.05, 3.63) is 0 Å². The molecule has 0 bridgehead atoms. The molecule has 0 amide bonds. The first kappa shape index (κ1) is 95.1. The fraction of sp³-hybridized carbons (Fsp3) is 0.949. The summed E-state index contributed by atoms with van der Waals surface area (Å²) in [5.74, 6) is -1.32.